The zero-order valence-electron chi connectivity index (χ0n) is 11.7. The van der Waals surface area contributed by atoms with Crippen LogP contribution in [0.4, 0.5) is 13.2 Å². The number of likely N-dealkylation sites (N-methyl/N-ethyl adjacent to an activating group) is 1. The summed E-state index contributed by atoms with van der Waals surface area (Å²) in [6.45, 7) is 0.0136. The average molecular weight is 302 g/mol. The normalized spacial score (nSPS) is 17.8. The second kappa shape index (κ2) is 5.63. The van der Waals surface area contributed by atoms with Gasteiger partial charge in [-0.3, -0.25) is 9.78 Å². The fraction of sp³-hybridized carbons (Fsp3) is 0.571. The Bertz CT molecular complexity index is 525. The van der Waals surface area contributed by atoms with Crippen molar-refractivity contribution in [2.45, 2.75) is 37.5 Å². The lowest BCUT2D eigenvalue weighted by Gasteiger charge is -2.28. The molecule has 0 atom stereocenters. The van der Waals surface area contributed by atoms with Crippen molar-refractivity contribution < 1.29 is 23.1 Å². The van der Waals surface area contributed by atoms with E-state index in [4.69, 9.17) is 0 Å². The molecule has 1 aliphatic rings. The van der Waals surface area contributed by atoms with Gasteiger partial charge in [0.15, 0.2) is 0 Å². The lowest BCUT2D eigenvalue weighted by atomic mass is 10.0. The number of carbonyl (C=O) groups excluding carboxylic acids is 1. The van der Waals surface area contributed by atoms with Gasteiger partial charge in [0.25, 0.3) is 5.91 Å². The molecule has 1 saturated carbocycles. The van der Waals surface area contributed by atoms with E-state index in [0.29, 0.717) is 12.8 Å². The molecule has 0 saturated heterocycles. The summed E-state index contributed by atoms with van der Waals surface area (Å²) in [4.78, 5) is 16.9. The van der Waals surface area contributed by atoms with Crippen LogP contribution < -0.4 is 0 Å². The molecular weight excluding hydrogens is 285 g/mol. The van der Waals surface area contributed by atoms with E-state index < -0.39 is 28.9 Å². The Morgan fingerprint density at radius 3 is 2.62 bits per heavy atom. The molecule has 1 fully saturated rings. The summed E-state index contributed by atoms with van der Waals surface area (Å²) in [6.07, 6.45) is -0.658. The quantitative estimate of drug-likeness (QED) is 0.933. The third-order valence-corrected chi connectivity index (χ3v) is 3.73. The highest BCUT2D eigenvalue weighted by Gasteiger charge is 2.38. The Hall–Kier alpha value is -1.63. The van der Waals surface area contributed by atoms with Crippen LogP contribution in [-0.2, 0) is 6.18 Å². The Kier molecular flexibility index (Phi) is 4.22. The summed E-state index contributed by atoms with van der Waals surface area (Å²) in [7, 11) is 1.38. The van der Waals surface area contributed by atoms with Gasteiger partial charge in [0.1, 0.15) is 5.69 Å². The lowest BCUT2D eigenvalue weighted by Crippen LogP contribution is -2.42. The van der Waals surface area contributed by atoms with E-state index in [1.807, 2.05) is 0 Å². The number of amides is 1. The van der Waals surface area contributed by atoms with E-state index in [0.717, 1.165) is 36.1 Å². The summed E-state index contributed by atoms with van der Waals surface area (Å²) in [6, 6.07) is 1.97. The first-order valence-electron chi connectivity index (χ1n) is 6.73. The van der Waals surface area contributed by atoms with Crippen molar-refractivity contribution in [3.63, 3.8) is 0 Å². The molecule has 1 aliphatic carbocycles. The van der Waals surface area contributed by atoms with Crippen LogP contribution in [0.5, 0.6) is 0 Å². The number of aliphatic hydroxyl groups is 1. The SMILES string of the molecule is CN(CC1(O)CCCC1)C(=O)c1ncccc1C(F)(F)F. The summed E-state index contributed by atoms with van der Waals surface area (Å²) in [5.41, 5.74) is -2.69. The number of aromatic nitrogens is 1. The van der Waals surface area contributed by atoms with Crippen molar-refractivity contribution >= 4 is 5.91 Å². The molecule has 2 rings (SSSR count). The van der Waals surface area contributed by atoms with Crippen LogP contribution in [0.15, 0.2) is 18.3 Å². The molecule has 1 aromatic rings. The van der Waals surface area contributed by atoms with E-state index >= 15 is 0 Å². The maximum atomic E-state index is 12.9. The number of carbonyl (C=O) groups is 1. The second-order valence-electron chi connectivity index (χ2n) is 5.49. The molecular formula is C14H17F3N2O2. The summed E-state index contributed by atoms with van der Waals surface area (Å²) in [5, 5.41) is 10.3. The Morgan fingerprint density at radius 2 is 2.05 bits per heavy atom. The van der Waals surface area contributed by atoms with Gasteiger partial charge in [-0.1, -0.05) is 12.8 Å². The van der Waals surface area contributed by atoms with Crippen molar-refractivity contribution in [2.75, 3.05) is 13.6 Å². The van der Waals surface area contributed by atoms with Gasteiger partial charge in [-0.05, 0) is 25.0 Å². The standard InChI is InChI=1S/C14H17F3N2O2/c1-19(9-13(21)6-2-3-7-13)12(20)11-10(14(15,16)17)5-4-8-18-11/h4-5,8,21H,2-3,6-7,9H2,1H3. The molecule has 0 radical (unpaired) electrons. The Labute approximate surface area is 120 Å². The van der Waals surface area contributed by atoms with E-state index in [1.165, 1.54) is 7.05 Å². The minimum atomic E-state index is -4.63. The molecule has 21 heavy (non-hydrogen) atoms. The van der Waals surface area contributed by atoms with E-state index in [-0.39, 0.29) is 6.54 Å². The van der Waals surface area contributed by atoms with Crippen LogP contribution in [0, 0.1) is 0 Å². The van der Waals surface area contributed by atoms with Gasteiger partial charge in [-0.15, -0.1) is 0 Å². The van der Waals surface area contributed by atoms with Gasteiger partial charge in [-0.2, -0.15) is 13.2 Å². The smallest absolute Gasteiger partial charge is 0.388 e. The molecule has 1 aromatic heterocycles. The number of hydrogen-bond acceptors (Lipinski definition) is 3. The fourth-order valence-corrected chi connectivity index (χ4v) is 2.69. The molecule has 1 N–H and O–H groups in total. The number of halogens is 3. The van der Waals surface area contributed by atoms with Gasteiger partial charge in [0.2, 0.25) is 0 Å². The van der Waals surface area contributed by atoms with E-state index in [2.05, 4.69) is 4.98 Å². The predicted octanol–water partition coefficient (Wildman–Crippen LogP) is 2.48. The van der Waals surface area contributed by atoms with Crippen molar-refractivity contribution in [3.05, 3.63) is 29.6 Å². The molecule has 0 aliphatic heterocycles. The predicted molar refractivity (Wildman–Crippen MR) is 69.6 cm³/mol. The number of pyridine rings is 1. The fourth-order valence-electron chi connectivity index (χ4n) is 2.69. The third-order valence-electron chi connectivity index (χ3n) is 3.73. The second-order valence-corrected chi connectivity index (χ2v) is 5.49. The largest absolute Gasteiger partial charge is 0.418 e. The number of hydrogen-bond donors (Lipinski definition) is 1. The van der Waals surface area contributed by atoms with Crippen molar-refractivity contribution in [2.24, 2.45) is 0 Å². The minimum Gasteiger partial charge on any atom is -0.388 e. The van der Waals surface area contributed by atoms with Gasteiger partial charge >= 0.3 is 6.18 Å². The lowest BCUT2D eigenvalue weighted by molar-refractivity contribution is -0.138. The molecule has 0 aromatic carbocycles. The van der Waals surface area contributed by atoms with Crippen molar-refractivity contribution in [3.8, 4) is 0 Å². The van der Waals surface area contributed by atoms with Crippen LogP contribution in [0.1, 0.15) is 41.7 Å². The average Bonchev–Trinajstić information content (AvgIpc) is 2.83. The first kappa shape index (κ1) is 15.8. The molecule has 7 heteroatoms. The maximum absolute atomic E-state index is 12.9. The van der Waals surface area contributed by atoms with Crippen LogP contribution in [0.3, 0.4) is 0 Å². The van der Waals surface area contributed by atoms with Crippen LogP contribution in [0.2, 0.25) is 0 Å². The first-order chi connectivity index (χ1) is 9.73. The Morgan fingerprint density at radius 1 is 1.43 bits per heavy atom. The highest BCUT2D eigenvalue weighted by molar-refractivity contribution is 5.93. The van der Waals surface area contributed by atoms with E-state index in [1.54, 1.807) is 0 Å². The highest BCUT2D eigenvalue weighted by Crippen LogP contribution is 2.33. The highest BCUT2D eigenvalue weighted by atomic mass is 19.4. The van der Waals surface area contributed by atoms with E-state index in [9.17, 15) is 23.1 Å². The van der Waals surface area contributed by atoms with Crippen LogP contribution in [-0.4, -0.2) is 40.1 Å². The number of rotatable bonds is 3. The van der Waals surface area contributed by atoms with Crippen LogP contribution in [0.25, 0.3) is 0 Å². The zero-order valence-corrected chi connectivity index (χ0v) is 11.7. The third kappa shape index (κ3) is 3.53. The minimum absolute atomic E-state index is 0.0136. The molecule has 4 nitrogen and oxygen atoms in total. The molecule has 116 valence electrons. The molecule has 1 amide bonds. The molecule has 0 bridgehead atoms. The number of alkyl halides is 3. The molecule has 1 heterocycles. The van der Waals surface area contributed by atoms with Crippen molar-refractivity contribution in [1.82, 2.24) is 9.88 Å². The van der Waals surface area contributed by atoms with Gasteiger partial charge in [0, 0.05) is 19.8 Å². The van der Waals surface area contributed by atoms with Gasteiger partial charge < -0.3 is 10.0 Å². The van der Waals surface area contributed by atoms with Gasteiger partial charge in [0.05, 0.1) is 11.2 Å². The molecule has 0 unspecified atom stereocenters. The number of nitrogens with zero attached hydrogens (tertiary/aromatic N) is 2. The first-order valence-corrected chi connectivity index (χ1v) is 6.73. The van der Waals surface area contributed by atoms with Gasteiger partial charge in [-0.25, -0.2) is 0 Å². The summed E-state index contributed by atoms with van der Waals surface area (Å²) in [5.74, 6) is -0.830. The maximum Gasteiger partial charge on any atom is 0.418 e. The Balaban J connectivity index is 2.20. The van der Waals surface area contributed by atoms with Crippen molar-refractivity contribution in [1.29, 1.82) is 0 Å². The topological polar surface area (TPSA) is 53.4 Å². The van der Waals surface area contributed by atoms with Crippen LogP contribution >= 0.6 is 0 Å². The summed E-state index contributed by atoms with van der Waals surface area (Å²) >= 11 is 0. The summed E-state index contributed by atoms with van der Waals surface area (Å²) < 4.78 is 38.7. The monoisotopic (exact) mass is 302 g/mol. The molecule has 0 spiro atoms. The zero-order chi connectivity index (χ0) is 15.7.